The molecule has 2 amide bonds. The molecule has 0 radical (unpaired) electrons. The molecule has 2 saturated heterocycles. The minimum Gasteiger partial charge on any atom is -0.323 e. The summed E-state index contributed by atoms with van der Waals surface area (Å²) in [5.41, 5.74) is 6.92. The molecule has 1 saturated carbocycles. The number of benzene rings is 2. The zero-order valence-electron chi connectivity index (χ0n) is 27.6. The lowest BCUT2D eigenvalue weighted by atomic mass is 9.93. The Balaban J connectivity index is 0.000000188. The van der Waals surface area contributed by atoms with Gasteiger partial charge in [0.2, 0.25) is 11.8 Å². The zero-order valence-corrected chi connectivity index (χ0v) is 33.3. The summed E-state index contributed by atoms with van der Waals surface area (Å²) >= 11 is 10.4. The van der Waals surface area contributed by atoms with Crippen LogP contribution in [0.25, 0.3) is 22.3 Å². The number of carbonyl (C=O) groups is 2. The average molecular weight is 845 g/mol. The monoisotopic (exact) mass is 842 g/mol. The fourth-order valence-electron chi connectivity index (χ4n) is 6.77. The van der Waals surface area contributed by atoms with Gasteiger partial charge in [-0.1, -0.05) is 82.3 Å². The van der Waals surface area contributed by atoms with Gasteiger partial charge in [0.05, 0.1) is 11.5 Å². The highest BCUT2D eigenvalue weighted by Crippen LogP contribution is 2.46. The SMILES string of the molecule is CCC(C)N1C(=O)CSC1c1cnccc1-c1ccc(Br)cc1.Cl.O=C1CSC(c2cnccc2-c2ccc(Br)cc2)N1C1CCCCC1. The lowest BCUT2D eigenvalue weighted by Crippen LogP contribution is -2.39. The van der Waals surface area contributed by atoms with Crippen LogP contribution in [-0.2, 0) is 9.59 Å². The van der Waals surface area contributed by atoms with E-state index < -0.39 is 0 Å². The van der Waals surface area contributed by atoms with E-state index >= 15 is 0 Å². The van der Waals surface area contributed by atoms with Gasteiger partial charge in [-0.3, -0.25) is 19.6 Å². The van der Waals surface area contributed by atoms with Crippen LogP contribution >= 0.6 is 67.8 Å². The summed E-state index contributed by atoms with van der Waals surface area (Å²) < 4.78 is 2.13. The predicted molar refractivity (Wildman–Crippen MR) is 213 cm³/mol. The molecule has 3 aliphatic rings. The van der Waals surface area contributed by atoms with Gasteiger partial charge in [0, 0.05) is 56.9 Å². The maximum absolute atomic E-state index is 12.6. The van der Waals surface area contributed by atoms with E-state index in [9.17, 15) is 9.59 Å². The topological polar surface area (TPSA) is 66.4 Å². The van der Waals surface area contributed by atoms with E-state index in [1.807, 2.05) is 47.9 Å². The van der Waals surface area contributed by atoms with Crippen LogP contribution in [-0.4, -0.2) is 55.2 Å². The summed E-state index contributed by atoms with van der Waals surface area (Å²) in [5.74, 6) is 1.63. The molecule has 0 bridgehead atoms. The van der Waals surface area contributed by atoms with Crippen molar-refractivity contribution < 1.29 is 9.59 Å². The van der Waals surface area contributed by atoms with E-state index in [0.717, 1.165) is 50.5 Å². The zero-order chi connectivity index (χ0) is 33.6. The molecule has 1 aliphatic carbocycles. The lowest BCUT2D eigenvalue weighted by molar-refractivity contribution is -0.131. The molecule has 258 valence electrons. The van der Waals surface area contributed by atoms with E-state index in [1.165, 1.54) is 30.4 Å². The van der Waals surface area contributed by atoms with Gasteiger partial charge in [-0.2, -0.15) is 0 Å². The molecule has 6 nitrogen and oxygen atoms in total. The van der Waals surface area contributed by atoms with Crippen molar-refractivity contribution in [3.8, 4) is 22.3 Å². The minimum atomic E-state index is 0. The molecular formula is C38H41Br2ClN4O2S2. The van der Waals surface area contributed by atoms with E-state index in [-0.39, 0.29) is 41.0 Å². The molecule has 3 unspecified atom stereocenters. The molecule has 4 aromatic rings. The van der Waals surface area contributed by atoms with Gasteiger partial charge < -0.3 is 9.80 Å². The van der Waals surface area contributed by atoms with Crippen LogP contribution in [0.5, 0.6) is 0 Å². The van der Waals surface area contributed by atoms with Gasteiger partial charge in [-0.25, -0.2) is 0 Å². The average Bonchev–Trinajstić information content (AvgIpc) is 3.71. The first-order valence-corrected chi connectivity index (χ1v) is 20.3. The number of carbonyl (C=O) groups excluding carboxylic acids is 2. The molecule has 2 aromatic heterocycles. The van der Waals surface area contributed by atoms with Gasteiger partial charge >= 0.3 is 0 Å². The number of hydrogen-bond acceptors (Lipinski definition) is 6. The highest BCUT2D eigenvalue weighted by molar-refractivity contribution is 9.10. The molecule has 11 heteroatoms. The number of halogens is 3. The van der Waals surface area contributed by atoms with Gasteiger partial charge in [-0.05, 0) is 84.8 Å². The molecular weight excluding hydrogens is 804 g/mol. The van der Waals surface area contributed by atoms with Crippen molar-refractivity contribution in [3.05, 3.63) is 106 Å². The number of thioether (sulfide) groups is 2. The summed E-state index contributed by atoms with van der Waals surface area (Å²) in [4.78, 5) is 37.8. The second-order valence-corrected chi connectivity index (χ2v) is 16.4. The summed E-state index contributed by atoms with van der Waals surface area (Å²) in [6.07, 6.45) is 14.5. The van der Waals surface area contributed by atoms with Gasteiger partial charge in [0.1, 0.15) is 10.7 Å². The highest BCUT2D eigenvalue weighted by atomic mass is 79.9. The van der Waals surface area contributed by atoms with Crippen molar-refractivity contribution >= 4 is 79.6 Å². The lowest BCUT2D eigenvalue weighted by Gasteiger charge is -2.35. The Hall–Kier alpha value is -2.37. The first kappa shape index (κ1) is 37.9. The van der Waals surface area contributed by atoms with Gasteiger partial charge in [0.15, 0.2) is 0 Å². The summed E-state index contributed by atoms with van der Waals surface area (Å²) in [6.45, 7) is 4.24. The van der Waals surface area contributed by atoms with Crippen molar-refractivity contribution in [3.63, 3.8) is 0 Å². The fraction of sp³-hybridized carbons (Fsp3) is 0.368. The maximum atomic E-state index is 12.6. The maximum Gasteiger partial charge on any atom is 0.234 e. The Morgan fingerprint density at radius 3 is 1.76 bits per heavy atom. The predicted octanol–water partition coefficient (Wildman–Crippen LogP) is 10.7. The largest absolute Gasteiger partial charge is 0.323 e. The van der Waals surface area contributed by atoms with Gasteiger partial charge in [-0.15, -0.1) is 35.9 Å². The normalized spacial score (nSPS) is 20.1. The third-order valence-corrected chi connectivity index (χ3v) is 12.9. The molecule has 3 fully saturated rings. The Morgan fingerprint density at radius 2 is 1.22 bits per heavy atom. The number of hydrogen-bond donors (Lipinski definition) is 0. The van der Waals surface area contributed by atoms with Crippen LogP contribution in [0.4, 0.5) is 0 Å². The van der Waals surface area contributed by atoms with Crippen LogP contribution in [0.3, 0.4) is 0 Å². The molecule has 0 N–H and O–H groups in total. The third kappa shape index (κ3) is 8.75. The summed E-state index contributed by atoms with van der Waals surface area (Å²) in [5, 5.41) is 0.132. The smallest absolute Gasteiger partial charge is 0.234 e. The van der Waals surface area contributed by atoms with Crippen molar-refractivity contribution in [1.82, 2.24) is 19.8 Å². The van der Waals surface area contributed by atoms with Crippen molar-refractivity contribution in [1.29, 1.82) is 0 Å². The molecule has 3 atom stereocenters. The number of aromatic nitrogens is 2. The van der Waals surface area contributed by atoms with Crippen molar-refractivity contribution in [2.24, 2.45) is 0 Å². The second kappa shape index (κ2) is 17.7. The summed E-state index contributed by atoms with van der Waals surface area (Å²) in [7, 11) is 0. The Kier molecular flexibility index (Phi) is 13.7. The van der Waals surface area contributed by atoms with Crippen LogP contribution in [0.1, 0.15) is 74.2 Å². The third-order valence-electron chi connectivity index (χ3n) is 9.39. The van der Waals surface area contributed by atoms with E-state index in [2.05, 4.69) is 103 Å². The quantitative estimate of drug-likeness (QED) is 0.185. The standard InChI is InChI=1S/C20H21BrN2OS.C18H19BrN2OS.ClH/c21-15-8-6-14(7-9-15)17-10-11-22-12-18(17)20-23(19(24)13-25-20)16-4-2-1-3-5-16;1-3-12(2)21-17(22)11-23-18(21)16-10-20-9-8-15(16)13-4-6-14(19)7-5-13;/h6-12,16,20H,1-5,13H2;4-10,12,18H,3,11H2,1-2H3;1H. The fourth-order valence-corrected chi connectivity index (χ4v) is 9.87. The van der Waals surface area contributed by atoms with Gasteiger partial charge in [0.25, 0.3) is 0 Å². The van der Waals surface area contributed by atoms with E-state index in [1.54, 1.807) is 23.5 Å². The Labute approximate surface area is 321 Å². The van der Waals surface area contributed by atoms with Crippen LogP contribution in [0.15, 0.2) is 94.4 Å². The van der Waals surface area contributed by atoms with E-state index in [4.69, 9.17) is 0 Å². The number of pyridine rings is 2. The van der Waals surface area contributed by atoms with Crippen LogP contribution < -0.4 is 0 Å². The van der Waals surface area contributed by atoms with Crippen LogP contribution in [0, 0.1) is 0 Å². The number of amides is 2. The Bertz CT molecular complexity index is 1720. The summed E-state index contributed by atoms with van der Waals surface area (Å²) in [6, 6.07) is 21.4. The molecule has 0 spiro atoms. The molecule has 2 aliphatic heterocycles. The number of nitrogens with zero attached hydrogens (tertiary/aromatic N) is 4. The van der Waals surface area contributed by atoms with Crippen molar-refractivity contribution in [2.75, 3.05) is 11.5 Å². The molecule has 2 aromatic carbocycles. The first-order valence-electron chi connectivity index (χ1n) is 16.6. The Morgan fingerprint density at radius 1 is 0.735 bits per heavy atom. The molecule has 49 heavy (non-hydrogen) atoms. The minimum absolute atomic E-state index is 0. The van der Waals surface area contributed by atoms with Crippen molar-refractivity contribution in [2.45, 2.75) is 75.2 Å². The first-order chi connectivity index (χ1) is 23.4. The number of rotatable bonds is 7. The molecule has 4 heterocycles. The molecule has 7 rings (SSSR count). The van der Waals surface area contributed by atoms with Crippen LogP contribution in [0.2, 0.25) is 0 Å². The van der Waals surface area contributed by atoms with E-state index in [0.29, 0.717) is 17.5 Å². The highest BCUT2D eigenvalue weighted by Gasteiger charge is 2.39. The second-order valence-electron chi connectivity index (χ2n) is 12.4.